The molecule has 0 amide bonds. The molecule has 2 N–H and O–H groups in total. The smallest absolute Gasteiger partial charge is 0.171 e. The van der Waals surface area contributed by atoms with Crippen molar-refractivity contribution in [3.8, 4) is 0 Å². The molecule has 0 bridgehead atoms. The van der Waals surface area contributed by atoms with Crippen molar-refractivity contribution in [2.45, 2.75) is 32.4 Å². The van der Waals surface area contributed by atoms with Gasteiger partial charge in [-0.05, 0) is 61.4 Å². The zero-order chi connectivity index (χ0) is 17.5. The highest BCUT2D eigenvalue weighted by atomic mass is 32.1. The highest BCUT2D eigenvalue weighted by molar-refractivity contribution is 7.80. The Labute approximate surface area is 154 Å². The zero-order valence-electron chi connectivity index (χ0n) is 14.3. The first-order valence-corrected chi connectivity index (χ1v) is 9.22. The van der Waals surface area contributed by atoms with E-state index in [4.69, 9.17) is 12.2 Å². The summed E-state index contributed by atoms with van der Waals surface area (Å²) in [6.45, 7) is 3.96. The van der Waals surface area contributed by atoms with Gasteiger partial charge in [-0.2, -0.15) is 0 Å². The van der Waals surface area contributed by atoms with Gasteiger partial charge in [0.25, 0.3) is 0 Å². The molecule has 2 aromatic rings. The Bertz CT molecular complexity index is 714. The van der Waals surface area contributed by atoms with E-state index in [-0.39, 0.29) is 5.82 Å². The standard InChI is InChI=1S/C20H24FN3S/c21-18-10-4-5-11-19(18)23-20(25)22-14-16-8-2-3-9-17(16)15-24-12-6-1-7-13-24/h2-5,8-11H,1,6-7,12-15H2,(H2,22,23,25). The number of rotatable bonds is 5. The van der Waals surface area contributed by atoms with Crippen LogP contribution in [0.25, 0.3) is 0 Å². The lowest BCUT2D eigenvalue weighted by atomic mass is 10.0. The molecule has 0 aliphatic carbocycles. The molecule has 1 fully saturated rings. The molecule has 1 aliphatic heterocycles. The van der Waals surface area contributed by atoms with E-state index in [1.54, 1.807) is 18.2 Å². The van der Waals surface area contributed by atoms with Crippen LogP contribution in [0.1, 0.15) is 30.4 Å². The molecule has 3 nitrogen and oxygen atoms in total. The zero-order valence-corrected chi connectivity index (χ0v) is 15.1. The summed E-state index contributed by atoms with van der Waals surface area (Å²) >= 11 is 5.30. The first kappa shape index (κ1) is 17.8. The maximum Gasteiger partial charge on any atom is 0.171 e. The summed E-state index contributed by atoms with van der Waals surface area (Å²) in [5.41, 5.74) is 2.94. The van der Waals surface area contributed by atoms with Gasteiger partial charge in [0, 0.05) is 13.1 Å². The van der Waals surface area contributed by atoms with Gasteiger partial charge in [0.15, 0.2) is 5.11 Å². The van der Waals surface area contributed by atoms with Crippen molar-refractivity contribution >= 4 is 23.0 Å². The van der Waals surface area contributed by atoms with E-state index < -0.39 is 0 Å². The Morgan fingerprint density at radius 2 is 1.64 bits per heavy atom. The fourth-order valence-corrected chi connectivity index (χ4v) is 3.33. The summed E-state index contributed by atoms with van der Waals surface area (Å²) in [5.74, 6) is -0.308. The van der Waals surface area contributed by atoms with E-state index in [0.717, 1.165) is 6.54 Å². The number of thiocarbonyl (C=S) groups is 1. The monoisotopic (exact) mass is 357 g/mol. The summed E-state index contributed by atoms with van der Waals surface area (Å²) in [5, 5.41) is 6.53. The van der Waals surface area contributed by atoms with Crippen molar-refractivity contribution < 1.29 is 4.39 Å². The van der Waals surface area contributed by atoms with E-state index in [1.165, 1.54) is 49.5 Å². The van der Waals surface area contributed by atoms with Crippen molar-refractivity contribution in [1.29, 1.82) is 0 Å². The third-order valence-electron chi connectivity index (χ3n) is 4.52. The molecule has 0 aromatic heterocycles. The van der Waals surface area contributed by atoms with Gasteiger partial charge < -0.3 is 10.6 Å². The van der Waals surface area contributed by atoms with Crippen LogP contribution in [0, 0.1) is 5.82 Å². The van der Waals surface area contributed by atoms with E-state index in [0.29, 0.717) is 17.3 Å². The molecule has 0 radical (unpaired) electrons. The molecule has 1 saturated heterocycles. The summed E-state index contributed by atoms with van der Waals surface area (Å²) in [7, 11) is 0. The van der Waals surface area contributed by atoms with E-state index in [9.17, 15) is 4.39 Å². The molecular weight excluding hydrogens is 333 g/mol. The molecular formula is C20H24FN3S. The normalized spacial score (nSPS) is 14.9. The van der Waals surface area contributed by atoms with E-state index in [1.807, 2.05) is 6.07 Å². The van der Waals surface area contributed by atoms with Crippen LogP contribution in [0.2, 0.25) is 0 Å². The molecule has 0 unspecified atom stereocenters. The first-order valence-electron chi connectivity index (χ1n) is 8.81. The largest absolute Gasteiger partial charge is 0.358 e. The van der Waals surface area contributed by atoms with Crippen molar-refractivity contribution in [3.63, 3.8) is 0 Å². The summed E-state index contributed by atoms with van der Waals surface area (Å²) < 4.78 is 13.7. The van der Waals surface area contributed by atoms with Crippen LogP contribution >= 0.6 is 12.2 Å². The lowest BCUT2D eigenvalue weighted by Crippen LogP contribution is -2.31. The molecule has 1 heterocycles. The number of halogens is 1. The number of nitrogens with one attached hydrogen (secondary N) is 2. The average Bonchev–Trinajstić information content (AvgIpc) is 2.64. The van der Waals surface area contributed by atoms with Gasteiger partial charge in [0.2, 0.25) is 0 Å². The maximum absolute atomic E-state index is 13.7. The SMILES string of the molecule is Fc1ccccc1NC(=S)NCc1ccccc1CN1CCCCC1. The quantitative estimate of drug-likeness (QED) is 0.780. The molecule has 25 heavy (non-hydrogen) atoms. The number of nitrogens with zero attached hydrogens (tertiary/aromatic N) is 1. The number of anilines is 1. The third-order valence-corrected chi connectivity index (χ3v) is 4.77. The Morgan fingerprint density at radius 3 is 2.40 bits per heavy atom. The average molecular weight is 357 g/mol. The molecule has 132 valence electrons. The minimum absolute atomic E-state index is 0.308. The topological polar surface area (TPSA) is 27.3 Å². The van der Waals surface area contributed by atoms with Crippen LogP contribution in [0.3, 0.4) is 0 Å². The molecule has 1 aliphatic rings. The lowest BCUT2D eigenvalue weighted by molar-refractivity contribution is 0.220. The number of likely N-dealkylation sites (tertiary alicyclic amines) is 1. The van der Waals surface area contributed by atoms with Crippen molar-refractivity contribution in [3.05, 3.63) is 65.5 Å². The number of piperidine rings is 1. The van der Waals surface area contributed by atoms with Gasteiger partial charge in [-0.25, -0.2) is 4.39 Å². The van der Waals surface area contributed by atoms with Gasteiger partial charge >= 0.3 is 0 Å². The lowest BCUT2D eigenvalue weighted by Gasteiger charge is -2.27. The minimum atomic E-state index is -0.308. The predicted octanol–water partition coefficient (Wildman–Crippen LogP) is 4.30. The maximum atomic E-state index is 13.7. The van der Waals surface area contributed by atoms with Gasteiger partial charge in [-0.1, -0.05) is 42.8 Å². The summed E-state index contributed by atoms with van der Waals surface area (Å²) in [6, 6.07) is 15.0. The van der Waals surface area contributed by atoms with Gasteiger partial charge in [0.1, 0.15) is 5.82 Å². The minimum Gasteiger partial charge on any atom is -0.358 e. The predicted molar refractivity (Wildman–Crippen MR) is 105 cm³/mol. The number of para-hydroxylation sites is 1. The van der Waals surface area contributed by atoms with Crippen molar-refractivity contribution in [2.75, 3.05) is 18.4 Å². The number of hydrogen-bond acceptors (Lipinski definition) is 2. The van der Waals surface area contributed by atoms with Gasteiger partial charge in [-0.15, -0.1) is 0 Å². The second kappa shape index (κ2) is 8.92. The molecule has 2 aromatic carbocycles. The molecule has 0 atom stereocenters. The fourth-order valence-electron chi connectivity index (χ4n) is 3.15. The Hall–Kier alpha value is -1.98. The molecule has 5 heteroatoms. The highest BCUT2D eigenvalue weighted by Gasteiger charge is 2.12. The Kier molecular flexibility index (Phi) is 6.36. The first-order chi connectivity index (χ1) is 12.2. The highest BCUT2D eigenvalue weighted by Crippen LogP contribution is 2.16. The molecule has 0 saturated carbocycles. The van der Waals surface area contributed by atoms with Crippen LogP contribution in [-0.2, 0) is 13.1 Å². The third kappa shape index (κ3) is 5.25. The fraction of sp³-hybridized carbons (Fsp3) is 0.350. The number of hydrogen-bond donors (Lipinski definition) is 2. The van der Waals surface area contributed by atoms with E-state index in [2.05, 4.69) is 33.7 Å². The number of benzene rings is 2. The molecule has 0 spiro atoms. The molecule has 3 rings (SSSR count). The van der Waals surface area contributed by atoms with Crippen molar-refractivity contribution in [1.82, 2.24) is 10.2 Å². The van der Waals surface area contributed by atoms with Crippen LogP contribution in [0.15, 0.2) is 48.5 Å². The summed E-state index contributed by atoms with van der Waals surface area (Å²) in [4.78, 5) is 2.51. The van der Waals surface area contributed by atoms with Gasteiger partial charge in [-0.3, -0.25) is 4.90 Å². The van der Waals surface area contributed by atoms with Crippen molar-refractivity contribution in [2.24, 2.45) is 0 Å². The van der Waals surface area contributed by atoms with Gasteiger partial charge in [0.05, 0.1) is 5.69 Å². The second-order valence-corrected chi connectivity index (χ2v) is 6.80. The van der Waals surface area contributed by atoms with Crippen LogP contribution in [-0.4, -0.2) is 23.1 Å². The van der Waals surface area contributed by atoms with Crippen LogP contribution < -0.4 is 10.6 Å². The Morgan fingerprint density at radius 1 is 0.960 bits per heavy atom. The Balaban J connectivity index is 1.57. The van der Waals surface area contributed by atoms with E-state index >= 15 is 0 Å². The van der Waals surface area contributed by atoms with Crippen LogP contribution in [0.5, 0.6) is 0 Å². The summed E-state index contributed by atoms with van der Waals surface area (Å²) in [6.07, 6.45) is 3.92. The second-order valence-electron chi connectivity index (χ2n) is 6.39. The van der Waals surface area contributed by atoms with Crippen LogP contribution in [0.4, 0.5) is 10.1 Å².